The van der Waals surface area contributed by atoms with Gasteiger partial charge in [0.2, 0.25) is 11.7 Å². The summed E-state index contributed by atoms with van der Waals surface area (Å²) in [4.78, 5) is 75.4. The van der Waals surface area contributed by atoms with Gasteiger partial charge in [-0.1, -0.05) is 11.6 Å². The molecule has 0 radical (unpaired) electrons. The lowest BCUT2D eigenvalue weighted by Crippen LogP contribution is -2.48. The number of hydrogen-bond acceptors (Lipinski definition) is 7. The summed E-state index contributed by atoms with van der Waals surface area (Å²) in [6.45, 7) is 1.84. The number of hydrogen-bond donors (Lipinski definition) is 4. The van der Waals surface area contributed by atoms with E-state index in [4.69, 9.17) is 16.3 Å². The molecule has 35 heavy (non-hydrogen) atoms. The average Bonchev–Trinajstić information content (AvgIpc) is 3.32. The molecule has 4 N–H and O–H groups in total. The van der Waals surface area contributed by atoms with Crippen molar-refractivity contribution in [2.75, 3.05) is 26.0 Å². The quantitative estimate of drug-likeness (QED) is 0.361. The molecule has 1 aromatic carbocycles. The van der Waals surface area contributed by atoms with E-state index >= 15 is 0 Å². The normalized spacial score (nSPS) is 22.2. The number of ether oxygens (including phenoxy) is 1. The molecule has 5 amide bonds. The number of rotatable bonds is 8. The number of nitrogens with zero attached hydrogens (tertiary/aromatic N) is 1. The summed E-state index contributed by atoms with van der Waals surface area (Å²) in [5.41, 5.74) is -0.0247. The maximum Gasteiger partial charge on any atom is 0.410 e. The molecule has 13 heteroatoms. The van der Waals surface area contributed by atoms with Crippen molar-refractivity contribution in [3.8, 4) is 0 Å². The van der Waals surface area contributed by atoms with Crippen molar-refractivity contribution in [1.82, 2.24) is 20.9 Å². The lowest BCUT2D eigenvalue weighted by atomic mass is 9.93. The van der Waals surface area contributed by atoms with Crippen molar-refractivity contribution in [3.63, 3.8) is 0 Å². The standard InChI is InChI=1S/C22H26ClN5O7/c1-10-6-11(18(30)25-10)7-15(17(29)21(33)24-2)27-19(31)13-8-12(23)4-5-14(13)26-20(32)16-9-28(3)22(34)35-16/h4-5,8,10-11,15-16H,6-7,9H2,1-3H3,(H,24,33)(H,25,30)(H,26,32)(H,27,31)/t10-,11+,15?,16+/m1/s1. The van der Waals surface area contributed by atoms with Crippen LogP contribution in [-0.2, 0) is 23.9 Å². The van der Waals surface area contributed by atoms with Crippen LogP contribution >= 0.6 is 11.6 Å². The number of nitrogens with one attached hydrogen (secondary N) is 4. The number of anilines is 1. The first-order chi connectivity index (χ1) is 16.5. The van der Waals surface area contributed by atoms with Crippen LogP contribution < -0.4 is 21.3 Å². The highest BCUT2D eigenvalue weighted by atomic mass is 35.5. The lowest BCUT2D eigenvalue weighted by Gasteiger charge is -2.20. The van der Waals surface area contributed by atoms with Crippen molar-refractivity contribution in [1.29, 1.82) is 0 Å². The van der Waals surface area contributed by atoms with E-state index in [0.717, 1.165) is 0 Å². The molecule has 2 heterocycles. The molecule has 1 aromatic rings. The molecule has 2 saturated heterocycles. The second-order valence-electron chi connectivity index (χ2n) is 8.48. The number of likely N-dealkylation sites (N-methyl/N-ethyl adjacent to an activating group) is 2. The van der Waals surface area contributed by atoms with Gasteiger partial charge in [-0.05, 0) is 38.0 Å². The van der Waals surface area contributed by atoms with E-state index in [9.17, 15) is 28.8 Å². The Morgan fingerprint density at radius 3 is 2.54 bits per heavy atom. The topological polar surface area (TPSA) is 163 Å². The van der Waals surface area contributed by atoms with Crippen molar-refractivity contribution in [2.24, 2.45) is 5.92 Å². The molecule has 2 aliphatic heterocycles. The molecule has 2 aliphatic rings. The second kappa shape index (κ2) is 10.7. The van der Waals surface area contributed by atoms with Crippen molar-refractivity contribution < 1.29 is 33.5 Å². The van der Waals surface area contributed by atoms with E-state index in [0.29, 0.717) is 6.42 Å². The number of cyclic esters (lactones) is 1. The highest BCUT2D eigenvalue weighted by molar-refractivity contribution is 6.38. The lowest BCUT2D eigenvalue weighted by molar-refractivity contribution is -0.139. The molecule has 4 atom stereocenters. The third kappa shape index (κ3) is 6.07. The smallest absolute Gasteiger partial charge is 0.410 e. The molecular weight excluding hydrogens is 482 g/mol. The fourth-order valence-electron chi connectivity index (χ4n) is 3.93. The Balaban J connectivity index is 1.81. The molecule has 0 saturated carbocycles. The van der Waals surface area contributed by atoms with Gasteiger partial charge in [-0.25, -0.2) is 4.79 Å². The summed E-state index contributed by atoms with van der Waals surface area (Å²) in [6.07, 6.45) is -1.37. The van der Waals surface area contributed by atoms with Crippen LogP contribution in [0.15, 0.2) is 18.2 Å². The van der Waals surface area contributed by atoms with E-state index in [1.807, 2.05) is 6.92 Å². The van der Waals surface area contributed by atoms with E-state index < -0.39 is 47.7 Å². The Bertz CT molecular complexity index is 1080. The third-order valence-corrected chi connectivity index (χ3v) is 6.00. The van der Waals surface area contributed by atoms with Crippen molar-refractivity contribution >= 4 is 52.8 Å². The van der Waals surface area contributed by atoms with E-state index in [2.05, 4.69) is 21.3 Å². The zero-order chi connectivity index (χ0) is 25.9. The molecule has 188 valence electrons. The molecule has 12 nitrogen and oxygen atoms in total. The monoisotopic (exact) mass is 507 g/mol. The number of ketones is 1. The predicted octanol–water partition coefficient (Wildman–Crippen LogP) is 0.0573. The first-order valence-corrected chi connectivity index (χ1v) is 11.3. The van der Waals surface area contributed by atoms with Crippen molar-refractivity contribution in [2.45, 2.75) is 38.0 Å². The molecule has 0 spiro atoms. The zero-order valence-electron chi connectivity index (χ0n) is 19.3. The fourth-order valence-corrected chi connectivity index (χ4v) is 4.10. The zero-order valence-corrected chi connectivity index (χ0v) is 20.1. The fraction of sp³-hybridized carbons (Fsp3) is 0.455. The first kappa shape index (κ1) is 25.9. The number of carbonyl (C=O) groups is 6. The first-order valence-electron chi connectivity index (χ1n) is 10.9. The van der Waals surface area contributed by atoms with Gasteiger partial charge in [0.15, 0.2) is 6.10 Å². The highest BCUT2D eigenvalue weighted by Gasteiger charge is 2.37. The summed E-state index contributed by atoms with van der Waals surface area (Å²) in [5.74, 6) is -4.13. The minimum absolute atomic E-state index is 0.0321. The van der Waals surface area contributed by atoms with E-state index in [1.165, 1.54) is 37.2 Å². The Morgan fingerprint density at radius 1 is 1.26 bits per heavy atom. The highest BCUT2D eigenvalue weighted by Crippen LogP contribution is 2.24. The summed E-state index contributed by atoms with van der Waals surface area (Å²) in [5, 5.41) is 10.2. The predicted molar refractivity (Wildman–Crippen MR) is 124 cm³/mol. The van der Waals surface area contributed by atoms with E-state index in [-0.39, 0.29) is 41.2 Å². The van der Waals surface area contributed by atoms with E-state index in [1.54, 1.807) is 0 Å². The van der Waals surface area contributed by atoms with Gasteiger partial charge in [0, 0.05) is 31.1 Å². The minimum atomic E-state index is -1.30. The maximum absolute atomic E-state index is 13.2. The van der Waals surface area contributed by atoms with Crippen LogP contribution in [0.4, 0.5) is 10.5 Å². The largest absolute Gasteiger partial charge is 0.434 e. The molecular formula is C22H26ClN5O7. The summed E-state index contributed by atoms with van der Waals surface area (Å²) in [6, 6.07) is 2.72. The van der Waals surface area contributed by atoms with Crippen LogP contribution in [0.1, 0.15) is 30.1 Å². The summed E-state index contributed by atoms with van der Waals surface area (Å²) < 4.78 is 4.98. The average molecular weight is 508 g/mol. The number of halogens is 1. The minimum Gasteiger partial charge on any atom is -0.434 e. The van der Waals surface area contributed by atoms with Crippen LogP contribution in [0.3, 0.4) is 0 Å². The van der Waals surface area contributed by atoms with Gasteiger partial charge in [0.05, 0.1) is 23.8 Å². The summed E-state index contributed by atoms with van der Waals surface area (Å²) >= 11 is 6.05. The van der Waals surface area contributed by atoms with Crippen LogP contribution in [0.5, 0.6) is 0 Å². The number of amides is 5. The molecule has 0 bridgehead atoms. The Hall–Kier alpha value is -3.67. The molecule has 0 aromatic heterocycles. The van der Waals surface area contributed by atoms with Gasteiger partial charge in [-0.3, -0.25) is 24.0 Å². The SMILES string of the molecule is CNC(=O)C(=O)C(C[C@@H]1C[C@@H](C)NC1=O)NC(=O)c1cc(Cl)ccc1NC(=O)[C@@H]1CN(C)C(=O)O1. The van der Waals surface area contributed by atoms with Crippen LogP contribution in [0.25, 0.3) is 0 Å². The third-order valence-electron chi connectivity index (χ3n) is 5.76. The van der Waals surface area contributed by atoms with Gasteiger partial charge in [-0.2, -0.15) is 0 Å². The van der Waals surface area contributed by atoms with Gasteiger partial charge >= 0.3 is 6.09 Å². The molecule has 2 fully saturated rings. The summed E-state index contributed by atoms with van der Waals surface area (Å²) in [7, 11) is 2.76. The number of benzene rings is 1. The van der Waals surface area contributed by atoms with Gasteiger partial charge in [0.25, 0.3) is 17.7 Å². The van der Waals surface area contributed by atoms with Crippen LogP contribution in [-0.4, -0.2) is 79.2 Å². The van der Waals surface area contributed by atoms with Crippen molar-refractivity contribution in [3.05, 3.63) is 28.8 Å². The number of carbonyl (C=O) groups excluding carboxylic acids is 6. The Morgan fingerprint density at radius 2 is 1.97 bits per heavy atom. The molecule has 0 aliphatic carbocycles. The second-order valence-corrected chi connectivity index (χ2v) is 8.92. The number of Topliss-reactive ketones (excluding diaryl/α,β-unsaturated/α-hetero) is 1. The van der Waals surface area contributed by atoms with Gasteiger partial charge in [-0.15, -0.1) is 0 Å². The maximum atomic E-state index is 13.2. The van der Waals surface area contributed by atoms with Gasteiger partial charge in [0.1, 0.15) is 0 Å². The molecule has 1 unspecified atom stereocenters. The van der Waals surface area contributed by atoms with Gasteiger partial charge < -0.3 is 30.9 Å². The van der Waals surface area contributed by atoms with Crippen LogP contribution in [0, 0.1) is 5.92 Å². The van der Waals surface area contributed by atoms with Crippen LogP contribution in [0.2, 0.25) is 5.02 Å². The Labute approximate surface area is 206 Å². The molecule has 3 rings (SSSR count). The Kier molecular flexibility index (Phi) is 7.95.